The second kappa shape index (κ2) is 9.14. The van der Waals surface area contributed by atoms with E-state index in [0.717, 1.165) is 12.8 Å². The molecule has 0 spiro atoms. The van der Waals surface area contributed by atoms with E-state index in [2.05, 4.69) is 5.32 Å². The van der Waals surface area contributed by atoms with Crippen molar-refractivity contribution in [3.05, 3.63) is 29.8 Å². The van der Waals surface area contributed by atoms with Crippen LogP contribution in [0.1, 0.15) is 23.2 Å². The van der Waals surface area contributed by atoms with Crippen molar-refractivity contribution in [2.24, 2.45) is 0 Å². The second-order valence-electron chi connectivity index (χ2n) is 6.42. The smallest absolute Gasteiger partial charge is 0.254 e. The number of sulfonamides is 1. The maximum absolute atomic E-state index is 12.8. The predicted molar refractivity (Wildman–Crippen MR) is 101 cm³/mol. The summed E-state index contributed by atoms with van der Waals surface area (Å²) in [5.41, 5.74) is 0.507. The maximum atomic E-state index is 12.8. The van der Waals surface area contributed by atoms with Crippen molar-refractivity contribution < 1.29 is 17.9 Å². The predicted octanol–water partition coefficient (Wildman–Crippen LogP) is 0.953. The molecule has 0 bridgehead atoms. The largest absolute Gasteiger partial charge is 0.378 e. The molecule has 0 aromatic heterocycles. The van der Waals surface area contributed by atoms with Crippen molar-refractivity contribution in [2.45, 2.75) is 23.8 Å². The Morgan fingerprint density at radius 1 is 1.15 bits per heavy atom. The van der Waals surface area contributed by atoms with Crippen LogP contribution in [0.5, 0.6) is 0 Å². The zero-order valence-electron chi connectivity index (χ0n) is 14.9. The molecule has 2 fully saturated rings. The number of nitrogens with zero attached hydrogens (tertiary/aromatic N) is 2. The number of morpholine rings is 1. The van der Waals surface area contributed by atoms with Crippen LogP contribution in [0.25, 0.3) is 0 Å². The number of carbonyl (C=O) groups is 1. The van der Waals surface area contributed by atoms with E-state index in [0.29, 0.717) is 45.0 Å². The van der Waals surface area contributed by atoms with Crippen molar-refractivity contribution in [1.29, 1.82) is 0 Å². The van der Waals surface area contributed by atoms with Gasteiger partial charge in [-0.05, 0) is 44.2 Å². The molecule has 9 heteroatoms. The van der Waals surface area contributed by atoms with Crippen molar-refractivity contribution in [1.82, 2.24) is 14.5 Å². The molecule has 1 aromatic rings. The van der Waals surface area contributed by atoms with E-state index in [1.54, 1.807) is 17.0 Å². The van der Waals surface area contributed by atoms with Gasteiger partial charge in [0.25, 0.3) is 5.91 Å². The van der Waals surface area contributed by atoms with E-state index in [1.807, 2.05) is 7.05 Å². The molecule has 0 aliphatic carbocycles. The molecule has 3 rings (SSSR count). The molecule has 0 radical (unpaired) electrons. The summed E-state index contributed by atoms with van der Waals surface area (Å²) in [7, 11) is -1.67. The Morgan fingerprint density at radius 3 is 2.42 bits per heavy atom. The highest BCUT2D eigenvalue weighted by atomic mass is 35.5. The lowest BCUT2D eigenvalue weighted by Gasteiger charge is -2.31. The number of hydrogen-bond donors (Lipinski definition) is 1. The lowest BCUT2D eigenvalue weighted by molar-refractivity contribution is 0.0303. The molecule has 7 nitrogen and oxygen atoms in total. The zero-order chi connectivity index (χ0) is 17.9. The summed E-state index contributed by atoms with van der Waals surface area (Å²) in [6.07, 6.45) is 1.83. The third-order valence-corrected chi connectivity index (χ3v) is 6.71. The highest BCUT2D eigenvalue weighted by Crippen LogP contribution is 2.21. The van der Waals surface area contributed by atoms with Gasteiger partial charge < -0.3 is 15.0 Å². The van der Waals surface area contributed by atoms with E-state index in [-0.39, 0.29) is 29.3 Å². The Labute approximate surface area is 161 Å². The quantitative estimate of drug-likeness (QED) is 0.809. The minimum absolute atomic E-state index is 0. The molecule has 26 heavy (non-hydrogen) atoms. The van der Waals surface area contributed by atoms with Gasteiger partial charge in [0.2, 0.25) is 10.0 Å². The van der Waals surface area contributed by atoms with E-state index < -0.39 is 10.0 Å². The van der Waals surface area contributed by atoms with Gasteiger partial charge in [-0.2, -0.15) is 4.31 Å². The number of nitrogens with one attached hydrogen (secondary N) is 1. The number of hydrogen-bond acceptors (Lipinski definition) is 5. The van der Waals surface area contributed by atoms with Gasteiger partial charge in [0.05, 0.1) is 18.1 Å². The number of piperidine rings is 1. The lowest BCUT2D eigenvalue weighted by atomic mass is 10.1. The summed E-state index contributed by atoms with van der Waals surface area (Å²) in [5.74, 6) is -0.0829. The lowest BCUT2D eigenvalue weighted by Crippen LogP contribution is -2.46. The summed E-state index contributed by atoms with van der Waals surface area (Å²) in [6, 6.07) is 6.46. The highest BCUT2D eigenvalue weighted by Gasteiger charge is 2.30. The summed E-state index contributed by atoms with van der Waals surface area (Å²) >= 11 is 0. The molecule has 1 amide bonds. The van der Waals surface area contributed by atoms with E-state index in [1.165, 1.54) is 16.4 Å². The first-order valence-electron chi connectivity index (χ1n) is 8.67. The fourth-order valence-corrected chi connectivity index (χ4v) is 4.79. The van der Waals surface area contributed by atoms with Crippen molar-refractivity contribution in [3.8, 4) is 0 Å². The maximum Gasteiger partial charge on any atom is 0.254 e. The van der Waals surface area contributed by atoms with Gasteiger partial charge in [-0.1, -0.05) is 0 Å². The topological polar surface area (TPSA) is 79.0 Å². The Hall–Kier alpha value is -1.19. The van der Waals surface area contributed by atoms with Crippen LogP contribution >= 0.6 is 12.4 Å². The number of ether oxygens (including phenoxy) is 1. The fourth-order valence-electron chi connectivity index (χ4n) is 3.26. The zero-order valence-corrected chi connectivity index (χ0v) is 16.5. The van der Waals surface area contributed by atoms with Crippen LogP contribution in [0.3, 0.4) is 0 Å². The minimum atomic E-state index is -3.52. The van der Waals surface area contributed by atoms with Gasteiger partial charge in [-0.15, -0.1) is 12.4 Å². The van der Waals surface area contributed by atoms with Crippen LogP contribution in [0, 0.1) is 0 Å². The number of carbonyl (C=O) groups excluding carboxylic acids is 1. The molecule has 2 aliphatic rings. The summed E-state index contributed by atoms with van der Waals surface area (Å²) in [6.45, 7) is 3.23. The Balaban J connectivity index is 0.00000243. The minimum Gasteiger partial charge on any atom is -0.378 e. The van der Waals surface area contributed by atoms with Crippen molar-refractivity contribution in [3.63, 3.8) is 0 Å². The molecular weight excluding hydrogens is 378 g/mol. The second-order valence-corrected chi connectivity index (χ2v) is 8.36. The third kappa shape index (κ3) is 4.55. The van der Waals surface area contributed by atoms with Crippen LogP contribution in [0.4, 0.5) is 0 Å². The number of amides is 1. The van der Waals surface area contributed by atoms with Crippen LogP contribution in [0.15, 0.2) is 29.2 Å². The SMILES string of the molecule is CNC1CCCN(S(=O)(=O)c2ccc(C(=O)N3CCOCC3)cc2)C1.Cl. The van der Waals surface area contributed by atoms with E-state index in [9.17, 15) is 13.2 Å². The molecular formula is C17H26ClN3O4S. The van der Waals surface area contributed by atoms with Crippen LogP contribution in [0.2, 0.25) is 0 Å². The Kier molecular flexibility index (Phi) is 7.42. The number of rotatable bonds is 4. The van der Waals surface area contributed by atoms with Gasteiger partial charge in [0, 0.05) is 37.8 Å². The van der Waals surface area contributed by atoms with Crippen LogP contribution in [-0.4, -0.2) is 76.0 Å². The Morgan fingerprint density at radius 2 is 1.81 bits per heavy atom. The first kappa shape index (κ1) is 21.1. The monoisotopic (exact) mass is 403 g/mol. The van der Waals surface area contributed by atoms with Crippen molar-refractivity contribution >= 4 is 28.3 Å². The molecule has 146 valence electrons. The van der Waals surface area contributed by atoms with Gasteiger partial charge in [-0.3, -0.25) is 4.79 Å². The molecule has 1 unspecified atom stereocenters. The first-order chi connectivity index (χ1) is 12.0. The molecule has 2 aliphatic heterocycles. The summed E-state index contributed by atoms with van der Waals surface area (Å²) < 4.78 is 32.4. The molecule has 2 saturated heterocycles. The van der Waals surface area contributed by atoms with Crippen LogP contribution in [-0.2, 0) is 14.8 Å². The van der Waals surface area contributed by atoms with Crippen molar-refractivity contribution in [2.75, 3.05) is 46.4 Å². The highest BCUT2D eigenvalue weighted by molar-refractivity contribution is 7.89. The fraction of sp³-hybridized carbons (Fsp3) is 0.588. The first-order valence-corrected chi connectivity index (χ1v) is 10.1. The average Bonchev–Trinajstić information content (AvgIpc) is 2.68. The molecule has 1 atom stereocenters. The standard InChI is InChI=1S/C17H25N3O4S.ClH/c1-18-15-3-2-8-20(13-15)25(22,23)16-6-4-14(5-7-16)17(21)19-9-11-24-12-10-19;/h4-7,15,18H,2-3,8-13H2,1H3;1H. The Bertz CT molecular complexity index is 705. The molecule has 2 heterocycles. The number of likely N-dealkylation sites (N-methyl/N-ethyl adjacent to an activating group) is 1. The van der Waals surface area contributed by atoms with E-state index in [4.69, 9.17) is 4.74 Å². The van der Waals surface area contributed by atoms with E-state index >= 15 is 0 Å². The average molecular weight is 404 g/mol. The third-order valence-electron chi connectivity index (χ3n) is 4.83. The van der Waals surface area contributed by atoms with Gasteiger partial charge >= 0.3 is 0 Å². The molecule has 1 aromatic carbocycles. The van der Waals surface area contributed by atoms with Crippen LogP contribution < -0.4 is 5.32 Å². The van der Waals surface area contributed by atoms with Gasteiger partial charge in [0.1, 0.15) is 0 Å². The molecule has 1 N–H and O–H groups in total. The summed E-state index contributed by atoms with van der Waals surface area (Å²) in [5, 5.41) is 3.15. The normalized spacial score (nSPS) is 21.9. The number of benzene rings is 1. The number of halogens is 1. The van der Waals surface area contributed by atoms with Gasteiger partial charge in [-0.25, -0.2) is 8.42 Å². The molecule has 0 saturated carbocycles. The van der Waals surface area contributed by atoms with Gasteiger partial charge in [0.15, 0.2) is 0 Å². The summed E-state index contributed by atoms with van der Waals surface area (Å²) in [4.78, 5) is 14.4.